The number of aromatic nitrogens is 2. The molecule has 2 atom stereocenters. The van der Waals surface area contributed by atoms with Crippen LogP contribution in [-0.4, -0.2) is 36.3 Å². The third-order valence-corrected chi connectivity index (χ3v) is 3.46. The molecule has 1 aromatic heterocycles. The highest BCUT2D eigenvalue weighted by atomic mass is 16.5. The lowest BCUT2D eigenvalue weighted by Gasteiger charge is -2.28. The Balaban J connectivity index is 2.04. The molecule has 1 saturated carbocycles. The van der Waals surface area contributed by atoms with Gasteiger partial charge in [-0.1, -0.05) is 0 Å². The SMILES string of the molecule is CNc1ncnc(OC2CCCC(OC)C2)c1C. The summed E-state index contributed by atoms with van der Waals surface area (Å²) in [6.07, 6.45) is 6.32. The summed E-state index contributed by atoms with van der Waals surface area (Å²) in [5, 5.41) is 3.04. The van der Waals surface area contributed by atoms with Crippen LogP contribution in [0.25, 0.3) is 0 Å². The minimum atomic E-state index is 0.196. The third-order valence-electron chi connectivity index (χ3n) is 3.46. The summed E-state index contributed by atoms with van der Waals surface area (Å²) >= 11 is 0. The van der Waals surface area contributed by atoms with Crippen LogP contribution >= 0.6 is 0 Å². The first-order valence-corrected chi connectivity index (χ1v) is 6.43. The topological polar surface area (TPSA) is 56.3 Å². The zero-order valence-corrected chi connectivity index (χ0v) is 11.3. The van der Waals surface area contributed by atoms with Crippen LogP contribution in [-0.2, 0) is 4.74 Å². The predicted octanol–water partition coefficient (Wildman–Crippen LogP) is 2.16. The number of ether oxygens (including phenoxy) is 2. The molecule has 1 aliphatic carbocycles. The number of nitrogens with zero attached hydrogens (tertiary/aromatic N) is 2. The average molecular weight is 251 g/mol. The Bertz CT molecular complexity index is 398. The van der Waals surface area contributed by atoms with Gasteiger partial charge in [-0.25, -0.2) is 9.97 Å². The van der Waals surface area contributed by atoms with Crippen molar-refractivity contribution in [1.29, 1.82) is 0 Å². The fourth-order valence-electron chi connectivity index (χ4n) is 2.39. The summed E-state index contributed by atoms with van der Waals surface area (Å²) < 4.78 is 11.4. The quantitative estimate of drug-likeness (QED) is 0.888. The molecule has 0 amide bonds. The molecule has 18 heavy (non-hydrogen) atoms. The van der Waals surface area contributed by atoms with Crippen molar-refractivity contribution in [1.82, 2.24) is 9.97 Å². The molecular weight excluding hydrogens is 230 g/mol. The Morgan fingerprint density at radius 2 is 2.06 bits per heavy atom. The summed E-state index contributed by atoms with van der Waals surface area (Å²) in [4.78, 5) is 8.37. The lowest BCUT2D eigenvalue weighted by molar-refractivity contribution is 0.0192. The smallest absolute Gasteiger partial charge is 0.221 e. The summed E-state index contributed by atoms with van der Waals surface area (Å²) in [7, 11) is 3.61. The fraction of sp³-hybridized carbons (Fsp3) is 0.692. The van der Waals surface area contributed by atoms with E-state index >= 15 is 0 Å². The highest BCUT2D eigenvalue weighted by Crippen LogP contribution is 2.27. The van der Waals surface area contributed by atoms with Crippen molar-refractivity contribution in [3.8, 4) is 5.88 Å². The van der Waals surface area contributed by atoms with Gasteiger partial charge < -0.3 is 14.8 Å². The van der Waals surface area contributed by atoms with E-state index in [-0.39, 0.29) is 6.10 Å². The number of hydrogen-bond acceptors (Lipinski definition) is 5. The first-order chi connectivity index (χ1) is 8.74. The first-order valence-electron chi connectivity index (χ1n) is 6.43. The molecule has 2 rings (SSSR count). The number of anilines is 1. The van der Waals surface area contributed by atoms with Crippen molar-refractivity contribution in [3.05, 3.63) is 11.9 Å². The highest BCUT2D eigenvalue weighted by molar-refractivity contribution is 5.46. The molecule has 0 radical (unpaired) electrons. The largest absolute Gasteiger partial charge is 0.474 e. The van der Waals surface area contributed by atoms with Crippen LogP contribution in [0, 0.1) is 6.92 Å². The second kappa shape index (κ2) is 6.00. The Morgan fingerprint density at radius 3 is 2.78 bits per heavy atom. The molecule has 0 saturated heterocycles. The lowest BCUT2D eigenvalue weighted by atomic mass is 9.95. The van der Waals surface area contributed by atoms with Gasteiger partial charge in [-0.3, -0.25) is 0 Å². The molecule has 0 aromatic carbocycles. The van der Waals surface area contributed by atoms with Gasteiger partial charge in [0.15, 0.2) is 0 Å². The molecule has 0 aliphatic heterocycles. The summed E-state index contributed by atoms with van der Waals surface area (Å²) in [5.41, 5.74) is 0.958. The minimum Gasteiger partial charge on any atom is -0.474 e. The van der Waals surface area contributed by atoms with E-state index in [1.807, 2.05) is 14.0 Å². The third kappa shape index (κ3) is 2.90. The van der Waals surface area contributed by atoms with E-state index in [9.17, 15) is 0 Å². The van der Waals surface area contributed by atoms with Crippen LogP contribution in [0.3, 0.4) is 0 Å². The number of nitrogens with one attached hydrogen (secondary N) is 1. The van der Waals surface area contributed by atoms with Gasteiger partial charge in [0.05, 0.1) is 11.7 Å². The zero-order chi connectivity index (χ0) is 13.0. The highest BCUT2D eigenvalue weighted by Gasteiger charge is 2.24. The summed E-state index contributed by atoms with van der Waals surface area (Å²) in [5.74, 6) is 1.50. The van der Waals surface area contributed by atoms with Crippen LogP contribution in [0.2, 0.25) is 0 Å². The standard InChI is InChI=1S/C13H21N3O2/c1-9-12(14-2)15-8-16-13(9)18-11-6-4-5-10(7-11)17-3/h8,10-11H,4-7H2,1-3H3,(H,14,15,16). The summed E-state index contributed by atoms with van der Waals surface area (Å²) in [6, 6.07) is 0. The molecular formula is C13H21N3O2. The van der Waals surface area contributed by atoms with Gasteiger partial charge in [-0.05, 0) is 26.2 Å². The second-order valence-electron chi connectivity index (χ2n) is 4.67. The maximum Gasteiger partial charge on any atom is 0.221 e. The zero-order valence-electron chi connectivity index (χ0n) is 11.3. The van der Waals surface area contributed by atoms with E-state index in [0.717, 1.165) is 37.1 Å². The molecule has 2 unspecified atom stereocenters. The number of rotatable bonds is 4. The van der Waals surface area contributed by atoms with Crippen molar-refractivity contribution < 1.29 is 9.47 Å². The van der Waals surface area contributed by atoms with E-state index < -0.39 is 0 Å². The van der Waals surface area contributed by atoms with E-state index in [2.05, 4.69) is 15.3 Å². The van der Waals surface area contributed by atoms with Crippen molar-refractivity contribution in [2.45, 2.75) is 44.8 Å². The molecule has 1 aromatic rings. The van der Waals surface area contributed by atoms with E-state index in [0.29, 0.717) is 12.0 Å². The van der Waals surface area contributed by atoms with Crippen molar-refractivity contribution in [2.24, 2.45) is 0 Å². The average Bonchev–Trinajstić information content (AvgIpc) is 2.41. The van der Waals surface area contributed by atoms with Crippen LogP contribution in [0.1, 0.15) is 31.2 Å². The Labute approximate surface area is 108 Å². The normalized spacial score (nSPS) is 23.7. The lowest BCUT2D eigenvalue weighted by Crippen LogP contribution is -2.30. The van der Waals surface area contributed by atoms with Crippen molar-refractivity contribution in [3.63, 3.8) is 0 Å². The number of hydrogen-bond donors (Lipinski definition) is 1. The van der Waals surface area contributed by atoms with Gasteiger partial charge in [0.2, 0.25) is 5.88 Å². The van der Waals surface area contributed by atoms with Gasteiger partial charge in [0.25, 0.3) is 0 Å². The molecule has 1 aliphatic rings. The molecule has 100 valence electrons. The molecule has 0 spiro atoms. The van der Waals surface area contributed by atoms with Crippen molar-refractivity contribution >= 4 is 5.82 Å². The first kappa shape index (κ1) is 13.1. The van der Waals surface area contributed by atoms with Gasteiger partial charge in [0, 0.05) is 20.6 Å². The van der Waals surface area contributed by atoms with Crippen LogP contribution in [0.5, 0.6) is 5.88 Å². The minimum absolute atomic E-state index is 0.196. The Kier molecular flexibility index (Phi) is 4.36. The molecule has 5 nitrogen and oxygen atoms in total. The molecule has 1 N–H and O–H groups in total. The molecule has 5 heteroatoms. The van der Waals surface area contributed by atoms with Gasteiger partial charge >= 0.3 is 0 Å². The van der Waals surface area contributed by atoms with Crippen LogP contribution in [0.15, 0.2) is 6.33 Å². The Hall–Kier alpha value is -1.36. The van der Waals surface area contributed by atoms with Crippen LogP contribution in [0.4, 0.5) is 5.82 Å². The summed E-state index contributed by atoms with van der Waals surface area (Å²) in [6.45, 7) is 1.97. The monoisotopic (exact) mass is 251 g/mol. The fourth-order valence-corrected chi connectivity index (χ4v) is 2.39. The predicted molar refractivity (Wildman–Crippen MR) is 70.0 cm³/mol. The van der Waals surface area contributed by atoms with Gasteiger partial charge in [0.1, 0.15) is 18.2 Å². The second-order valence-corrected chi connectivity index (χ2v) is 4.67. The van der Waals surface area contributed by atoms with Gasteiger partial charge in [-0.2, -0.15) is 0 Å². The number of methoxy groups -OCH3 is 1. The van der Waals surface area contributed by atoms with Gasteiger partial charge in [-0.15, -0.1) is 0 Å². The van der Waals surface area contributed by atoms with E-state index in [1.54, 1.807) is 7.11 Å². The van der Waals surface area contributed by atoms with Crippen molar-refractivity contribution in [2.75, 3.05) is 19.5 Å². The van der Waals surface area contributed by atoms with E-state index in [1.165, 1.54) is 6.33 Å². The van der Waals surface area contributed by atoms with E-state index in [4.69, 9.17) is 9.47 Å². The maximum absolute atomic E-state index is 5.99. The maximum atomic E-state index is 5.99. The van der Waals surface area contributed by atoms with Crippen LogP contribution < -0.4 is 10.1 Å². The Morgan fingerprint density at radius 1 is 1.28 bits per heavy atom. The molecule has 1 fully saturated rings. The molecule has 1 heterocycles. The molecule has 0 bridgehead atoms.